The van der Waals surface area contributed by atoms with Crippen molar-refractivity contribution in [1.82, 2.24) is 9.80 Å². The normalized spacial score (nSPS) is 29.9. The van der Waals surface area contributed by atoms with Crippen LogP contribution in [0.1, 0.15) is 67.2 Å². The second-order valence-corrected chi connectivity index (χ2v) is 20.4. The number of hydrogen-bond acceptors (Lipinski definition) is 13. The number of carbonyl (C=O) groups is 6. The highest BCUT2D eigenvalue weighted by Gasteiger charge is 2.77. The lowest BCUT2D eigenvalue weighted by Crippen LogP contribution is -2.78. The second kappa shape index (κ2) is 16.6. The first-order valence-corrected chi connectivity index (χ1v) is 22.9. The number of esters is 2. The van der Waals surface area contributed by atoms with Crippen LogP contribution in [0.4, 0.5) is 19.7 Å². The van der Waals surface area contributed by atoms with E-state index < -0.39 is 111 Å². The minimum atomic E-state index is -2.38. The first-order chi connectivity index (χ1) is 32.0. The van der Waals surface area contributed by atoms with Gasteiger partial charge in [-0.1, -0.05) is 76.3 Å². The lowest BCUT2D eigenvalue weighted by atomic mass is 9.60. The van der Waals surface area contributed by atoms with Gasteiger partial charge in [-0.15, -0.1) is 0 Å². The molecule has 7 aliphatic rings. The number of amides is 4. The molecule has 0 spiro atoms. The third-order valence-electron chi connectivity index (χ3n) is 17.1. The molecular weight excluding hydrogens is 878 g/mol. The summed E-state index contributed by atoms with van der Waals surface area (Å²) in [7, 11) is 3.02. The van der Waals surface area contributed by atoms with Crippen LogP contribution in [0.15, 0.2) is 95.2 Å². The van der Waals surface area contributed by atoms with Crippen molar-refractivity contribution >= 4 is 41.6 Å². The predicted octanol–water partition coefficient (Wildman–Crippen LogP) is 3.97. The maximum Gasteiger partial charge on any atom is 0.412 e. The molecule has 3 saturated heterocycles. The average molecular weight is 940 g/mol. The number of ether oxygens (including phenoxy) is 4. The standard InChI is InChI=1S/C50H62FN7O10/c1-45(2,35-27-13-14-28(35)16-15-27)49(39(52)59,41(61)67-43(54)63)56-25-9-11-33(56)37-38(65-7)48(6,66-8)47(5,58(37)32-23-21-31(51)22-24-32)34-12-10-26-57(34)50(40(53)60,42(62)68-44(55)64)46(3,4)36-29-17-18-30(36)20-19-29/h13-24,33-38H,9-12,25-26H2,1-8H3,(H2,52,59)(H2,53,60)(H2,54,63)(H2,55,64)/t33?,34?,37?,38-,47+,48+,49+,50+/m1/s1. The number of anilines is 1. The van der Waals surface area contributed by atoms with Crippen molar-refractivity contribution in [3.05, 3.63) is 101 Å². The zero-order chi connectivity index (χ0) is 49.7. The van der Waals surface area contributed by atoms with Gasteiger partial charge in [-0.25, -0.2) is 23.6 Å². The van der Waals surface area contributed by atoms with Crippen LogP contribution in [0.25, 0.3) is 0 Å². The quantitative estimate of drug-likeness (QED) is 0.144. The number of carbonyl (C=O) groups excluding carboxylic acids is 6. The van der Waals surface area contributed by atoms with Gasteiger partial charge in [0.2, 0.25) is 22.9 Å². The summed E-state index contributed by atoms with van der Waals surface area (Å²) in [6.45, 7) is 11.0. The Morgan fingerprint density at radius 1 is 0.662 bits per heavy atom. The van der Waals surface area contributed by atoms with Gasteiger partial charge in [-0.2, -0.15) is 0 Å². The van der Waals surface area contributed by atoms with E-state index in [9.17, 15) is 24.0 Å². The van der Waals surface area contributed by atoms with Crippen LogP contribution in [-0.2, 0) is 38.1 Å². The molecule has 4 amide bonds. The first-order valence-electron chi connectivity index (χ1n) is 22.9. The van der Waals surface area contributed by atoms with E-state index in [2.05, 4.69) is 0 Å². The fourth-order valence-corrected chi connectivity index (χ4v) is 14.4. The Hall–Kier alpha value is -5.95. The number of fused-ring (bicyclic) bond motifs is 4. The smallest absolute Gasteiger partial charge is 0.376 e. The van der Waals surface area contributed by atoms with Crippen molar-refractivity contribution in [2.75, 3.05) is 32.2 Å². The summed E-state index contributed by atoms with van der Waals surface area (Å²) >= 11 is 0. The van der Waals surface area contributed by atoms with E-state index in [0.717, 1.165) is 22.3 Å². The fourth-order valence-electron chi connectivity index (χ4n) is 14.4. The van der Waals surface area contributed by atoms with Gasteiger partial charge < -0.3 is 46.8 Å². The van der Waals surface area contributed by atoms with Crippen molar-refractivity contribution < 1.29 is 52.1 Å². The third kappa shape index (κ3) is 6.32. The molecule has 4 aliphatic carbocycles. The number of rotatable bonds is 15. The van der Waals surface area contributed by atoms with E-state index in [1.807, 2.05) is 67.4 Å². The van der Waals surface area contributed by atoms with Crippen LogP contribution in [0.5, 0.6) is 0 Å². The zero-order valence-corrected chi connectivity index (χ0v) is 39.7. The van der Waals surface area contributed by atoms with Crippen LogP contribution in [0.2, 0.25) is 0 Å². The second-order valence-electron chi connectivity index (χ2n) is 20.4. The molecule has 1 aromatic rings. The molecule has 3 heterocycles. The SMILES string of the molecule is CO[C@@H]1C(C2CCCN2[C@@](C(N)=O)(C(=O)OC(N)=O)C(C)(C)C2C3=CC=C2C=C3)N(c2ccc(F)cc2)[C@@](C)(C2CCCN2[C@@](C(N)=O)(C(=O)OC(N)=O)C(C)(C)C2C3=CC=C2C=C3)[C@@]1(C)OC. The Morgan fingerprint density at radius 2 is 1.09 bits per heavy atom. The lowest BCUT2D eigenvalue weighted by Gasteiger charge is -2.58. The van der Waals surface area contributed by atoms with Gasteiger partial charge in [-0.3, -0.25) is 19.4 Å². The Balaban J connectivity index is 1.37. The van der Waals surface area contributed by atoms with Crippen LogP contribution in [-0.4, -0.2) is 119 Å². The highest BCUT2D eigenvalue weighted by molar-refractivity contribution is 6.11. The number of hydrogen-bond donors (Lipinski definition) is 4. The van der Waals surface area contributed by atoms with Crippen molar-refractivity contribution in [2.24, 2.45) is 45.6 Å². The molecule has 68 heavy (non-hydrogen) atoms. The van der Waals surface area contributed by atoms with Gasteiger partial charge >= 0.3 is 24.1 Å². The Labute approximate surface area is 395 Å². The number of likely N-dealkylation sites (tertiary alicyclic amines) is 2. The van der Waals surface area contributed by atoms with Gasteiger partial charge in [0, 0.05) is 67.7 Å². The molecule has 0 saturated carbocycles. The fraction of sp³-hybridized carbons (Fsp3) is 0.520. The molecule has 8 atom stereocenters. The number of nitrogens with zero attached hydrogens (tertiary/aromatic N) is 3. The molecular formula is C50H62FN7O10. The number of primary amides is 4. The Bertz CT molecular complexity index is 2510. The Kier molecular flexibility index (Phi) is 11.9. The minimum absolute atomic E-state index is 0.104. The molecule has 18 heteroatoms. The molecule has 0 radical (unpaired) electrons. The van der Waals surface area contributed by atoms with Gasteiger partial charge in [0.15, 0.2) is 0 Å². The molecule has 8 N–H and O–H groups in total. The van der Waals surface area contributed by atoms with Gasteiger partial charge in [0.1, 0.15) is 17.5 Å². The van der Waals surface area contributed by atoms with E-state index in [4.69, 9.17) is 41.9 Å². The number of nitrogens with two attached hydrogens (primary N) is 4. The van der Waals surface area contributed by atoms with Gasteiger partial charge in [-0.05, 0) is 86.1 Å². The van der Waals surface area contributed by atoms with Crippen molar-refractivity contribution in [3.63, 3.8) is 0 Å². The van der Waals surface area contributed by atoms with E-state index in [-0.39, 0.29) is 13.1 Å². The summed E-state index contributed by atoms with van der Waals surface area (Å²) < 4.78 is 39.0. The summed E-state index contributed by atoms with van der Waals surface area (Å²) in [6.07, 6.45) is 12.9. The van der Waals surface area contributed by atoms with Crippen LogP contribution in [0.3, 0.4) is 0 Å². The van der Waals surface area contributed by atoms with Crippen LogP contribution >= 0.6 is 0 Å². The molecule has 3 aliphatic heterocycles. The van der Waals surface area contributed by atoms with E-state index in [0.29, 0.717) is 31.4 Å². The average Bonchev–Trinajstić information content (AvgIpc) is 4.14. The molecule has 3 fully saturated rings. The predicted molar refractivity (Wildman–Crippen MR) is 247 cm³/mol. The largest absolute Gasteiger partial charge is 0.412 e. The summed E-state index contributed by atoms with van der Waals surface area (Å²) in [5.74, 6) is -6.25. The van der Waals surface area contributed by atoms with E-state index >= 15 is 9.18 Å². The van der Waals surface area contributed by atoms with E-state index in [1.54, 1.807) is 49.6 Å². The highest BCUT2D eigenvalue weighted by Crippen LogP contribution is 2.61. The Morgan fingerprint density at radius 3 is 1.49 bits per heavy atom. The van der Waals surface area contributed by atoms with Crippen molar-refractivity contribution in [3.8, 4) is 0 Å². The maximum atomic E-state index is 15.1. The first kappa shape index (κ1) is 48.5. The number of allylic oxidation sites excluding steroid dienone is 12. The van der Waals surface area contributed by atoms with Crippen molar-refractivity contribution in [2.45, 2.75) is 114 Å². The molecule has 1 aromatic carbocycles. The van der Waals surface area contributed by atoms with Crippen LogP contribution < -0.4 is 27.8 Å². The number of benzene rings is 1. The van der Waals surface area contributed by atoms with E-state index in [1.165, 1.54) is 26.4 Å². The number of methoxy groups -OCH3 is 2. The highest BCUT2D eigenvalue weighted by atomic mass is 19.1. The monoisotopic (exact) mass is 939 g/mol. The molecule has 17 nitrogen and oxygen atoms in total. The summed E-state index contributed by atoms with van der Waals surface area (Å²) in [6, 6.07) is 3.11. The molecule has 0 aromatic heterocycles. The molecule has 364 valence electrons. The minimum Gasteiger partial charge on any atom is -0.376 e. The summed E-state index contributed by atoms with van der Waals surface area (Å²) in [5, 5.41) is 0. The zero-order valence-electron chi connectivity index (χ0n) is 39.7. The summed E-state index contributed by atoms with van der Waals surface area (Å²) in [5.41, 5.74) is 17.5. The molecule has 3 unspecified atom stereocenters. The number of halogens is 1. The maximum absolute atomic E-state index is 15.1. The van der Waals surface area contributed by atoms with Gasteiger partial charge in [0.05, 0.1) is 11.6 Å². The van der Waals surface area contributed by atoms with Gasteiger partial charge in [0.25, 0.3) is 0 Å². The lowest BCUT2D eigenvalue weighted by molar-refractivity contribution is -0.180. The summed E-state index contributed by atoms with van der Waals surface area (Å²) in [4.78, 5) is 90.2. The molecule has 4 bridgehead atoms. The topological polar surface area (TPSA) is 253 Å². The third-order valence-corrected chi connectivity index (χ3v) is 17.1. The molecule has 8 rings (SSSR count). The van der Waals surface area contributed by atoms with Crippen molar-refractivity contribution in [1.29, 1.82) is 0 Å². The van der Waals surface area contributed by atoms with Crippen LogP contribution in [0, 0.1) is 28.5 Å².